The number of benzene rings is 1. The molecular weight excluding hydrogens is 273 g/mol. The van der Waals surface area contributed by atoms with Crippen molar-refractivity contribution in [2.24, 2.45) is 5.92 Å². The molecule has 0 radical (unpaired) electrons. The number of ether oxygens (including phenoxy) is 1. The topological polar surface area (TPSA) is 9.23 Å². The third kappa shape index (κ3) is 2.45. The molecule has 82 valence electrons. The van der Waals surface area contributed by atoms with Crippen LogP contribution in [0.3, 0.4) is 0 Å². The number of alkyl halides is 2. The van der Waals surface area contributed by atoms with Crippen LogP contribution >= 0.6 is 15.9 Å². The quantitative estimate of drug-likeness (QED) is 0.822. The lowest BCUT2D eigenvalue weighted by molar-refractivity contribution is 0.0850. The van der Waals surface area contributed by atoms with Crippen LogP contribution in [0, 0.1) is 11.7 Å². The van der Waals surface area contributed by atoms with Crippen LogP contribution in [0.2, 0.25) is 0 Å². The SMILES string of the molecule is Fc1cc(Br)ccc1OCC1CC1(F)F. The Hall–Kier alpha value is -0.710. The Balaban J connectivity index is 1.94. The van der Waals surface area contributed by atoms with Crippen LogP contribution in [-0.2, 0) is 0 Å². The minimum Gasteiger partial charge on any atom is -0.490 e. The van der Waals surface area contributed by atoms with E-state index >= 15 is 0 Å². The van der Waals surface area contributed by atoms with Crippen molar-refractivity contribution in [3.63, 3.8) is 0 Å². The Kier molecular flexibility index (Phi) is 2.66. The van der Waals surface area contributed by atoms with Gasteiger partial charge < -0.3 is 4.74 Å². The summed E-state index contributed by atoms with van der Waals surface area (Å²) in [4.78, 5) is 0. The van der Waals surface area contributed by atoms with Crippen molar-refractivity contribution >= 4 is 15.9 Å². The van der Waals surface area contributed by atoms with E-state index in [1.165, 1.54) is 12.1 Å². The largest absolute Gasteiger partial charge is 0.490 e. The lowest BCUT2D eigenvalue weighted by Gasteiger charge is -2.06. The summed E-state index contributed by atoms with van der Waals surface area (Å²) < 4.78 is 43.7. The summed E-state index contributed by atoms with van der Waals surface area (Å²) in [5.41, 5.74) is 0. The summed E-state index contributed by atoms with van der Waals surface area (Å²) in [6.07, 6.45) is -0.162. The Bertz CT molecular complexity index is 381. The van der Waals surface area contributed by atoms with Gasteiger partial charge in [0.15, 0.2) is 11.6 Å². The number of hydrogen-bond donors (Lipinski definition) is 0. The average molecular weight is 281 g/mol. The zero-order chi connectivity index (χ0) is 11.1. The monoisotopic (exact) mass is 280 g/mol. The van der Waals surface area contributed by atoms with Gasteiger partial charge in [0.2, 0.25) is 0 Å². The van der Waals surface area contributed by atoms with E-state index in [-0.39, 0.29) is 18.8 Å². The molecule has 5 heteroatoms. The van der Waals surface area contributed by atoms with Gasteiger partial charge in [-0.25, -0.2) is 13.2 Å². The van der Waals surface area contributed by atoms with Gasteiger partial charge in [-0.3, -0.25) is 0 Å². The van der Waals surface area contributed by atoms with Crippen LogP contribution in [0.4, 0.5) is 13.2 Å². The van der Waals surface area contributed by atoms with Gasteiger partial charge in [0.1, 0.15) is 0 Å². The predicted molar refractivity (Wildman–Crippen MR) is 52.6 cm³/mol. The highest BCUT2D eigenvalue weighted by atomic mass is 79.9. The van der Waals surface area contributed by atoms with Crippen LogP contribution in [0.1, 0.15) is 6.42 Å². The van der Waals surface area contributed by atoms with Crippen molar-refractivity contribution in [2.45, 2.75) is 12.3 Å². The van der Waals surface area contributed by atoms with Gasteiger partial charge in [0.05, 0.1) is 12.5 Å². The maximum atomic E-state index is 13.2. The van der Waals surface area contributed by atoms with E-state index in [1.807, 2.05) is 0 Å². The third-order valence-electron chi connectivity index (χ3n) is 2.29. The fourth-order valence-corrected chi connectivity index (χ4v) is 1.57. The summed E-state index contributed by atoms with van der Waals surface area (Å²) in [6.45, 7) is -0.133. The molecule has 0 N–H and O–H groups in total. The van der Waals surface area contributed by atoms with Crippen molar-refractivity contribution in [3.8, 4) is 5.75 Å². The van der Waals surface area contributed by atoms with Gasteiger partial charge in [-0.15, -0.1) is 0 Å². The van der Waals surface area contributed by atoms with E-state index in [0.717, 1.165) is 0 Å². The zero-order valence-corrected chi connectivity index (χ0v) is 9.23. The van der Waals surface area contributed by atoms with Crippen LogP contribution in [-0.4, -0.2) is 12.5 Å². The molecule has 1 aromatic rings. The highest BCUT2D eigenvalue weighted by molar-refractivity contribution is 9.10. The molecule has 0 amide bonds. The third-order valence-corrected chi connectivity index (χ3v) is 2.78. The van der Waals surface area contributed by atoms with E-state index in [9.17, 15) is 13.2 Å². The smallest absolute Gasteiger partial charge is 0.255 e. The van der Waals surface area contributed by atoms with Gasteiger partial charge in [0.25, 0.3) is 5.92 Å². The maximum absolute atomic E-state index is 13.2. The number of rotatable bonds is 3. The molecule has 0 spiro atoms. The second-order valence-electron chi connectivity index (χ2n) is 3.55. The molecule has 1 unspecified atom stereocenters. The maximum Gasteiger partial charge on any atom is 0.255 e. The molecule has 0 aliphatic heterocycles. The van der Waals surface area contributed by atoms with E-state index in [4.69, 9.17) is 4.74 Å². The van der Waals surface area contributed by atoms with Crippen molar-refractivity contribution in [1.82, 2.24) is 0 Å². The highest BCUT2D eigenvalue weighted by Crippen LogP contribution is 2.48. The van der Waals surface area contributed by atoms with Crippen LogP contribution in [0.25, 0.3) is 0 Å². The van der Waals surface area contributed by atoms with Gasteiger partial charge in [0, 0.05) is 10.9 Å². The van der Waals surface area contributed by atoms with E-state index < -0.39 is 17.7 Å². The normalized spacial score (nSPS) is 22.5. The lowest BCUT2D eigenvalue weighted by Crippen LogP contribution is -2.06. The first-order chi connectivity index (χ1) is 6.99. The van der Waals surface area contributed by atoms with Gasteiger partial charge in [-0.05, 0) is 18.2 Å². The fraction of sp³-hybridized carbons (Fsp3) is 0.400. The standard InChI is InChI=1S/C10H8BrF3O/c11-7-1-2-9(8(12)3-7)15-5-6-4-10(6,13)14/h1-3,6H,4-5H2. The first-order valence-electron chi connectivity index (χ1n) is 4.45. The first kappa shape index (κ1) is 10.8. The van der Waals surface area contributed by atoms with Crippen LogP contribution < -0.4 is 4.74 Å². The van der Waals surface area contributed by atoms with Crippen molar-refractivity contribution in [1.29, 1.82) is 0 Å². The molecular formula is C10H8BrF3O. The Morgan fingerprint density at radius 2 is 2.13 bits per heavy atom. The predicted octanol–water partition coefficient (Wildman–Crippen LogP) is 3.62. The molecule has 1 aromatic carbocycles. The summed E-state index contributed by atoms with van der Waals surface area (Å²) in [5.74, 6) is -3.92. The van der Waals surface area contributed by atoms with Crippen LogP contribution in [0.15, 0.2) is 22.7 Å². The molecule has 1 saturated carbocycles. The van der Waals surface area contributed by atoms with E-state index in [0.29, 0.717) is 4.47 Å². The lowest BCUT2D eigenvalue weighted by atomic mass is 10.3. The molecule has 1 nitrogen and oxygen atoms in total. The molecule has 0 saturated heterocycles. The van der Waals surface area contributed by atoms with E-state index in [1.54, 1.807) is 6.07 Å². The summed E-state index contributed by atoms with van der Waals surface area (Å²) in [5, 5.41) is 0. The van der Waals surface area contributed by atoms with Gasteiger partial charge in [-0.1, -0.05) is 15.9 Å². The Labute approximate surface area is 93.4 Å². The van der Waals surface area contributed by atoms with Crippen molar-refractivity contribution in [3.05, 3.63) is 28.5 Å². The molecule has 1 atom stereocenters. The average Bonchev–Trinajstić information content (AvgIpc) is 2.73. The number of hydrogen-bond acceptors (Lipinski definition) is 1. The summed E-state index contributed by atoms with van der Waals surface area (Å²) in [7, 11) is 0. The summed E-state index contributed by atoms with van der Waals surface area (Å²) >= 11 is 3.09. The van der Waals surface area contributed by atoms with E-state index in [2.05, 4.69) is 15.9 Å². The molecule has 1 fully saturated rings. The first-order valence-corrected chi connectivity index (χ1v) is 5.24. The fourth-order valence-electron chi connectivity index (χ4n) is 1.23. The second kappa shape index (κ2) is 3.70. The van der Waals surface area contributed by atoms with Gasteiger partial charge >= 0.3 is 0 Å². The Morgan fingerprint density at radius 1 is 1.47 bits per heavy atom. The minimum absolute atomic E-state index is 0.0147. The Morgan fingerprint density at radius 3 is 2.67 bits per heavy atom. The second-order valence-corrected chi connectivity index (χ2v) is 4.46. The minimum atomic E-state index is -2.62. The molecule has 1 aliphatic rings. The van der Waals surface area contributed by atoms with Crippen molar-refractivity contribution < 1.29 is 17.9 Å². The zero-order valence-electron chi connectivity index (χ0n) is 7.64. The molecule has 1 aliphatic carbocycles. The summed E-state index contributed by atoms with van der Waals surface area (Å²) in [6, 6.07) is 4.25. The highest BCUT2D eigenvalue weighted by Gasteiger charge is 2.57. The molecule has 2 rings (SSSR count). The molecule has 15 heavy (non-hydrogen) atoms. The molecule has 0 heterocycles. The van der Waals surface area contributed by atoms with Crippen molar-refractivity contribution in [2.75, 3.05) is 6.61 Å². The molecule has 0 bridgehead atoms. The van der Waals surface area contributed by atoms with Gasteiger partial charge in [-0.2, -0.15) is 0 Å². The number of halogens is 4. The molecule has 0 aromatic heterocycles. The van der Waals surface area contributed by atoms with Crippen LogP contribution in [0.5, 0.6) is 5.75 Å².